The van der Waals surface area contributed by atoms with Gasteiger partial charge in [-0.25, -0.2) is 0 Å². The topological polar surface area (TPSA) is 54.0 Å². The number of hydrogen-bond donors (Lipinski definition) is 0. The molecule has 1 rings (SSSR count). The molecule has 0 aliphatic rings. The molecule has 0 fully saturated rings. The van der Waals surface area contributed by atoms with Crippen LogP contribution in [0.15, 0.2) is 43.0 Å². The maximum atomic E-state index is 11.9. The molecule has 2 atom stereocenters. The number of rotatable bonds is 12. The molecule has 5 nitrogen and oxygen atoms in total. The van der Waals surface area contributed by atoms with E-state index in [9.17, 15) is 4.79 Å². The van der Waals surface area contributed by atoms with Gasteiger partial charge in [0.1, 0.15) is 6.79 Å². The lowest BCUT2D eigenvalue weighted by molar-refractivity contribution is -0.143. The van der Waals surface area contributed by atoms with E-state index >= 15 is 0 Å². The molecule has 6 heteroatoms. The fourth-order valence-corrected chi connectivity index (χ4v) is 3.76. The average Bonchev–Trinajstić information content (AvgIpc) is 2.63. The van der Waals surface area contributed by atoms with Gasteiger partial charge in [-0.3, -0.25) is 4.79 Å². The van der Waals surface area contributed by atoms with Crippen molar-refractivity contribution < 1.29 is 23.4 Å². The minimum absolute atomic E-state index is 0.0463. The summed E-state index contributed by atoms with van der Waals surface area (Å²) in [6.45, 7) is 15.4. The molecule has 28 heavy (non-hydrogen) atoms. The number of hydrogen-bond acceptors (Lipinski definition) is 5. The van der Waals surface area contributed by atoms with Crippen LogP contribution in [0.5, 0.6) is 0 Å². The Balaban J connectivity index is 2.62. The van der Waals surface area contributed by atoms with Crippen LogP contribution in [0.1, 0.15) is 39.2 Å². The molecule has 0 saturated carbocycles. The normalized spacial score (nSPS) is 14.4. The molecule has 0 bridgehead atoms. The third kappa shape index (κ3) is 8.69. The lowest BCUT2D eigenvalue weighted by Crippen LogP contribution is -2.45. The van der Waals surface area contributed by atoms with E-state index in [2.05, 4.69) is 40.4 Å². The largest absolute Gasteiger partial charge is 0.469 e. The third-order valence-corrected chi connectivity index (χ3v) is 9.66. The smallest absolute Gasteiger partial charge is 0.308 e. The lowest BCUT2D eigenvalue weighted by Gasteiger charge is -2.39. The first-order chi connectivity index (χ1) is 13.1. The first-order valence-electron chi connectivity index (χ1n) is 9.69. The van der Waals surface area contributed by atoms with E-state index in [0.29, 0.717) is 13.0 Å². The van der Waals surface area contributed by atoms with Gasteiger partial charge in [-0.1, -0.05) is 57.2 Å². The van der Waals surface area contributed by atoms with Crippen LogP contribution in [0.25, 0.3) is 0 Å². The Morgan fingerprint density at radius 1 is 1.21 bits per heavy atom. The van der Waals surface area contributed by atoms with Gasteiger partial charge in [-0.15, -0.1) is 6.58 Å². The first kappa shape index (κ1) is 24.6. The van der Waals surface area contributed by atoms with Crippen LogP contribution in [0, 0.1) is 0 Å². The Hall–Kier alpha value is -1.47. The predicted octanol–water partition coefficient (Wildman–Crippen LogP) is 5.08. The van der Waals surface area contributed by atoms with Crippen molar-refractivity contribution in [2.45, 2.75) is 70.6 Å². The monoisotopic (exact) mass is 408 g/mol. The highest BCUT2D eigenvalue weighted by Crippen LogP contribution is 2.38. The van der Waals surface area contributed by atoms with Crippen molar-refractivity contribution in [1.29, 1.82) is 0 Å². The van der Waals surface area contributed by atoms with Crippen LogP contribution in [-0.4, -0.2) is 40.4 Å². The molecule has 0 radical (unpaired) electrons. The van der Waals surface area contributed by atoms with Crippen LogP contribution in [0.3, 0.4) is 0 Å². The molecule has 1 aromatic carbocycles. The van der Waals surface area contributed by atoms with Gasteiger partial charge in [0.2, 0.25) is 0 Å². The van der Waals surface area contributed by atoms with Crippen LogP contribution in [0.2, 0.25) is 18.1 Å². The zero-order chi connectivity index (χ0) is 21.2. The van der Waals surface area contributed by atoms with E-state index in [0.717, 1.165) is 5.56 Å². The molecule has 0 amide bonds. The highest BCUT2D eigenvalue weighted by atomic mass is 28.4. The second-order valence-corrected chi connectivity index (χ2v) is 13.2. The van der Waals surface area contributed by atoms with Crippen LogP contribution in [0.4, 0.5) is 0 Å². The zero-order valence-electron chi connectivity index (χ0n) is 18.2. The van der Waals surface area contributed by atoms with Gasteiger partial charge < -0.3 is 18.6 Å². The number of carbonyl (C=O) groups is 1. The van der Waals surface area contributed by atoms with Gasteiger partial charge in [0.25, 0.3) is 0 Å². The minimum atomic E-state index is -2.04. The second kappa shape index (κ2) is 11.5. The molecule has 0 N–H and O–H groups in total. The van der Waals surface area contributed by atoms with E-state index in [4.69, 9.17) is 18.6 Å². The quantitative estimate of drug-likeness (QED) is 0.159. The fraction of sp³-hybridized carbons (Fsp3) is 0.591. The number of methoxy groups -OCH3 is 1. The second-order valence-electron chi connectivity index (χ2n) is 8.41. The predicted molar refractivity (Wildman–Crippen MR) is 114 cm³/mol. The maximum Gasteiger partial charge on any atom is 0.308 e. The minimum Gasteiger partial charge on any atom is -0.469 e. The van der Waals surface area contributed by atoms with E-state index < -0.39 is 8.32 Å². The van der Waals surface area contributed by atoms with Crippen LogP contribution < -0.4 is 0 Å². The molecular formula is C22H36O5Si. The SMILES string of the molecule is C=C[C@H](C[C@H](CC(=O)OC)O[Si](C)(C)C(C)(C)C)OCOCc1ccccc1. The average molecular weight is 409 g/mol. The Morgan fingerprint density at radius 3 is 2.39 bits per heavy atom. The van der Waals surface area contributed by atoms with Crippen molar-refractivity contribution in [3.8, 4) is 0 Å². The standard InChI is InChI=1S/C22H36O5Si/c1-8-19(26-17-25-16-18-12-10-9-11-13-18)14-20(15-21(23)24-5)27-28(6,7)22(2,3)4/h8-13,19-20H,1,14-17H2,2-7H3/t19-,20-/m1/s1. The molecule has 1 aromatic rings. The fourth-order valence-electron chi connectivity index (χ4n) is 2.40. The molecule has 0 unspecified atom stereocenters. The molecule has 0 aliphatic heterocycles. The van der Waals surface area contributed by atoms with E-state index in [1.165, 1.54) is 7.11 Å². The highest BCUT2D eigenvalue weighted by molar-refractivity contribution is 6.74. The van der Waals surface area contributed by atoms with Crippen molar-refractivity contribution in [3.63, 3.8) is 0 Å². The summed E-state index contributed by atoms with van der Waals surface area (Å²) in [7, 11) is -0.645. The first-order valence-corrected chi connectivity index (χ1v) is 12.6. The highest BCUT2D eigenvalue weighted by Gasteiger charge is 2.40. The summed E-state index contributed by atoms with van der Waals surface area (Å²) in [5.41, 5.74) is 1.09. The van der Waals surface area contributed by atoms with Crippen LogP contribution in [-0.2, 0) is 30.0 Å². The van der Waals surface area contributed by atoms with Gasteiger partial charge in [-0.2, -0.15) is 0 Å². The van der Waals surface area contributed by atoms with Gasteiger partial charge in [0.15, 0.2) is 8.32 Å². The third-order valence-electron chi connectivity index (χ3n) is 5.12. The van der Waals surface area contributed by atoms with E-state index in [1.807, 2.05) is 30.3 Å². The molecule has 0 aliphatic carbocycles. The van der Waals surface area contributed by atoms with E-state index in [-0.39, 0.29) is 36.4 Å². The van der Waals surface area contributed by atoms with Crippen molar-refractivity contribution >= 4 is 14.3 Å². The Morgan fingerprint density at radius 2 is 1.86 bits per heavy atom. The maximum absolute atomic E-state index is 11.9. The Bertz CT molecular complexity index is 595. The number of benzene rings is 1. The van der Waals surface area contributed by atoms with Gasteiger partial charge in [0.05, 0.1) is 32.3 Å². The molecular weight excluding hydrogens is 372 g/mol. The van der Waals surface area contributed by atoms with Gasteiger partial charge >= 0.3 is 5.97 Å². The Kier molecular flexibility index (Phi) is 10.1. The molecule has 0 spiro atoms. The van der Waals surface area contributed by atoms with Gasteiger partial charge in [0, 0.05) is 6.42 Å². The lowest BCUT2D eigenvalue weighted by atomic mass is 10.1. The molecule has 0 aromatic heterocycles. The zero-order valence-corrected chi connectivity index (χ0v) is 19.2. The van der Waals surface area contributed by atoms with Crippen molar-refractivity contribution in [3.05, 3.63) is 48.6 Å². The number of carbonyl (C=O) groups excluding carboxylic acids is 1. The summed E-state index contributed by atoms with van der Waals surface area (Å²) in [6, 6.07) is 9.93. The molecule has 0 saturated heterocycles. The Labute approximate surface area is 171 Å². The number of esters is 1. The van der Waals surface area contributed by atoms with Crippen molar-refractivity contribution in [1.82, 2.24) is 0 Å². The molecule has 158 valence electrons. The number of ether oxygens (including phenoxy) is 3. The van der Waals surface area contributed by atoms with Crippen molar-refractivity contribution in [2.24, 2.45) is 0 Å². The van der Waals surface area contributed by atoms with Crippen molar-refractivity contribution in [2.75, 3.05) is 13.9 Å². The van der Waals surface area contributed by atoms with Gasteiger partial charge in [-0.05, 0) is 23.7 Å². The van der Waals surface area contributed by atoms with Crippen LogP contribution >= 0.6 is 0 Å². The molecule has 0 heterocycles. The summed E-state index contributed by atoms with van der Waals surface area (Å²) in [5, 5.41) is 0.0463. The summed E-state index contributed by atoms with van der Waals surface area (Å²) >= 11 is 0. The summed E-state index contributed by atoms with van der Waals surface area (Å²) in [6.07, 6.45) is 1.90. The summed E-state index contributed by atoms with van der Waals surface area (Å²) in [5.74, 6) is -0.285. The van der Waals surface area contributed by atoms with E-state index in [1.54, 1.807) is 6.08 Å². The summed E-state index contributed by atoms with van der Waals surface area (Å²) in [4.78, 5) is 11.9. The summed E-state index contributed by atoms with van der Waals surface area (Å²) < 4.78 is 22.7.